The van der Waals surface area contributed by atoms with Gasteiger partial charge in [-0.25, -0.2) is 0 Å². The van der Waals surface area contributed by atoms with Gasteiger partial charge in [-0.05, 0) is 18.2 Å². The minimum Gasteiger partial charge on any atom is -0.380 e. The van der Waals surface area contributed by atoms with Crippen molar-refractivity contribution in [1.29, 1.82) is 0 Å². The summed E-state index contributed by atoms with van der Waals surface area (Å²) >= 11 is 5.95. The van der Waals surface area contributed by atoms with Crippen molar-refractivity contribution in [3.05, 3.63) is 35.0 Å². The number of fused-ring (bicyclic) bond motifs is 1. The predicted molar refractivity (Wildman–Crippen MR) is 58.6 cm³/mol. The average Bonchev–Trinajstić information content (AvgIpc) is 2.44. The zero-order chi connectivity index (χ0) is 10.1. The van der Waals surface area contributed by atoms with Crippen molar-refractivity contribution in [2.24, 2.45) is 7.05 Å². The van der Waals surface area contributed by atoms with E-state index in [2.05, 4.69) is 10.8 Å². The molecular weight excluding hydrogens is 198 g/mol. The molecule has 0 aliphatic carbocycles. The summed E-state index contributed by atoms with van der Waals surface area (Å²) in [6, 6.07) is 5.91. The van der Waals surface area contributed by atoms with E-state index in [1.165, 1.54) is 16.5 Å². The van der Waals surface area contributed by atoms with Crippen LogP contribution in [0.4, 0.5) is 0 Å². The Morgan fingerprint density at radius 2 is 2.21 bits per heavy atom. The van der Waals surface area contributed by atoms with E-state index in [9.17, 15) is 0 Å². The highest BCUT2D eigenvalue weighted by atomic mass is 35.5. The second-order valence-corrected chi connectivity index (χ2v) is 3.80. The Morgan fingerprint density at radius 3 is 2.93 bits per heavy atom. The summed E-state index contributed by atoms with van der Waals surface area (Å²) in [5.74, 6) is 0. The second kappa shape index (κ2) is 3.64. The van der Waals surface area contributed by atoms with Crippen LogP contribution in [0.5, 0.6) is 0 Å². The average molecular weight is 210 g/mol. The number of aromatic nitrogens is 1. The van der Waals surface area contributed by atoms with Crippen molar-refractivity contribution in [3.63, 3.8) is 0 Å². The summed E-state index contributed by atoms with van der Waals surface area (Å²) in [5.41, 5.74) is 2.36. The molecule has 1 heterocycles. The van der Waals surface area contributed by atoms with E-state index in [4.69, 9.17) is 16.3 Å². The fourth-order valence-corrected chi connectivity index (χ4v) is 1.89. The van der Waals surface area contributed by atoms with Crippen LogP contribution >= 0.6 is 11.6 Å². The van der Waals surface area contributed by atoms with Crippen molar-refractivity contribution in [3.8, 4) is 0 Å². The standard InChI is InChI=1S/C11H12ClNO/c1-13-6-8(7-14-2)10-5-9(12)3-4-11(10)13/h3-6H,7H2,1-2H3. The number of hydrogen-bond donors (Lipinski definition) is 0. The first-order valence-electron chi connectivity index (χ1n) is 4.45. The lowest BCUT2D eigenvalue weighted by Gasteiger charge is -1.97. The van der Waals surface area contributed by atoms with Crippen molar-refractivity contribution >= 4 is 22.5 Å². The number of aryl methyl sites for hydroxylation is 1. The molecule has 74 valence electrons. The molecule has 0 saturated heterocycles. The highest BCUT2D eigenvalue weighted by Gasteiger charge is 2.06. The van der Waals surface area contributed by atoms with Gasteiger partial charge < -0.3 is 9.30 Å². The molecule has 0 radical (unpaired) electrons. The number of benzene rings is 1. The van der Waals surface area contributed by atoms with Crippen LogP contribution in [-0.2, 0) is 18.4 Å². The minimum absolute atomic E-state index is 0.623. The van der Waals surface area contributed by atoms with E-state index in [0.717, 1.165) is 5.02 Å². The monoisotopic (exact) mass is 209 g/mol. The molecule has 0 atom stereocenters. The molecule has 0 saturated carbocycles. The van der Waals surface area contributed by atoms with Gasteiger partial charge in [0.05, 0.1) is 6.61 Å². The highest BCUT2D eigenvalue weighted by molar-refractivity contribution is 6.31. The number of hydrogen-bond acceptors (Lipinski definition) is 1. The normalized spacial score (nSPS) is 11.1. The third-order valence-corrected chi connectivity index (χ3v) is 2.57. The summed E-state index contributed by atoms with van der Waals surface area (Å²) in [6.07, 6.45) is 2.07. The summed E-state index contributed by atoms with van der Waals surface area (Å²) in [4.78, 5) is 0. The van der Waals surface area contributed by atoms with Gasteiger partial charge in [-0.3, -0.25) is 0 Å². The first kappa shape index (κ1) is 9.56. The van der Waals surface area contributed by atoms with Crippen LogP contribution in [0, 0.1) is 0 Å². The number of rotatable bonds is 2. The Morgan fingerprint density at radius 1 is 1.43 bits per heavy atom. The summed E-state index contributed by atoms with van der Waals surface area (Å²) in [6.45, 7) is 0.623. The summed E-state index contributed by atoms with van der Waals surface area (Å²) < 4.78 is 7.22. The van der Waals surface area contributed by atoms with Crippen molar-refractivity contribution in [2.75, 3.05) is 7.11 Å². The fourth-order valence-electron chi connectivity index (χ4n) is 1.72. The molecule has 0 amide bonds. The fraction of sp³-hybridized carbons (Fsp3) is 0.273. The van der Waals surface area contributed by atoms with Gasteiger partial charge in [0, 0.05) is 41.8 Å². The van der Waals surface area contributed by atoms with Crippen LogP contribution in [0.3, 0.4) is 0 Å². The number of ether oxygens (including phenoxy) is 1. The molecule has 14 heavy (non-hydrogen) atoms. The van der Waals surface area contributed by atoms with E-state index in [0.29, 0.717) is 6.61 Å². The number of halogens is 1. The predicted octanol–water partition coefficient (Wildman–Crippen LogP) is 2.98. The molecule has 1 aromatic heterocycles. The molecule has 0 bridgehead atoms. The largest absolute Gasteiger partial charge is 0.380 e. The number of nitrogens with zero attached hydrogens (tertiary/aromatic N) is 1. The first-order valence-corrected chi connectivity index (χ1v) is 4.82. The van der Waals surface area contributed by atoms with Gasteiger partial charge in [-0.15, -0.1) is 0 Å². The molecule has 2 aromatic rings. The lowest BCUT2D eigenvalue weighted by atomic mass is 10.2. The summed E-state index contributed by atoms with van der Waals surface area (Å²) in [5, 5.41) is 1.93. The van der Waals surface area contributed by atoms with Gasteiger partial charge in [0.1, 0.15) is 0 Å². The lowest BCUT2D eigenvalue weighted by Crippen LogP contribution is -1.84. The van der Waals surface area contributed by atoms with Crippen LogP contribution in [-0.4, -0.2) is 11.7 Å². The third kappa shape index (κ3) is 1.51. The Bertz CT molecular complexity index is 462. The molecule has 3 heteroatoms. The molecule has 0 spiro atoms. The molecule has 0 fully saturated rings. The van der Waals surface area contributed by atoms with Crippen LogP contribution in [0.25, 0.3) is 10.9 Å². The quantitative estimate of drug-likeness (QED) is 0.742. The Hall–Kier alpha value is -0.990. The van der Waals surface area contributed by atoms with Gasteiger partial charge in [0.25, 0.3) is 0 Å². The maximum Gasteiger partial charge on any atom is 0.0733 e. The first-order chi connectivity index (χ1) is 6.72. The van der Waals surface area contributed by atoms with E-state index in [1.807, 2.05) is 25.2 Å². The smallest absolute Gasteiger partial charge is 0.0733 e. The Balaban J connectivity index is 2.66. The van der Waals surface area contributed by atoms with Gasteiger partial charge >= 0.3 is 0 Å². The molecule has 2 nitrogen and oxygen atoms in total. The van der Waals surface area contributed by atoms with Crippen molar-refractivity contribution in [2.45, 2.75) is 6.61 Å². The zero-order valence-corrected chi connectivity index (χ0v) is 9.01. The molecule has 0 aliphatic heterocycles. The van der Waals surface area contributed by atoms with Gasteiger partial charge in [0.2, 0.25) is 0 Å². The van der Waals surface area contributed by atoms with Crippen molar-refractivity contribution < 1.29 is 4.74 Å². The van der Waals surface area contributed by atoms with Gasteiger partial charge in [0.15, 0.2) is 0 Å². The van der Waals surface area contributed by atoms with E-state index >= 15 is 0 Å². The van der Waals surface area contributed by atoms with Crippen LogP contribution in [0.1, 0.15) is 5.56 Å². The molecule has 1 aromatic carbocycles. The van der Waals surface area contributed by atoms with E-state index in [1.54, 1.807) is 7.11 Å². The van der Waals surface area contributed by atoms with Crippen LogP contribution in [0.15, 0.2) is 24.4 Å². The topological polar surface area (TPSA) is 14.2 Å². The van der Waals surface area contributed by atoms with E-state index < -0.39 is 0 Å². The van der Waals surface area contributed by atoms with Gasteiger partial charge in [-0.2, -0.15) is 0 Å². The maximum absolute atomic E-state index is 5.95. The van der Waals surface area contributed by atoms with Crippen LogP contribution < -0.4 is 0 Å². The minimum atomic E-state index is 0.623. The third-order valence-electron chi connectivity index (χ3n) is 2.33. The molecular formula is C11H12ClNO. The zero-order valence-electron chi connectivity index (χ0n) is 8.25. The van der Waals surface area contributed by atoms with Gasteiger partial charge in [-0.1, -0.05) is 11.6 Å². The molecule has 0 unspecified atom stereocenters. The summed E-state index contributed by atoms with van der Waals surface area (Å²) in [7, 11) is 3.72. The van der Waals surface area contributed by atoms with Crippen molar-refractivity contribution in [1.82, 2.24) is 4.57 Å². The SMILES string of the molecule is COCc1cn(C)c2ccc(Cl)cc12. The second-order valence-electron chi connectivity index (χ2n) is 3.36. The molecule has 2 rings (SSSR count). The Labute approximate surface area is 88.0 Å². The number of methoxy groups -OCH3 is 1. The highest BCUT2D eigenvalue weighted by Crippen LogP contribution is 2.24. The molecule has 0 N–H and O–H groups in total. The van der Waals surface area contributed by atoms with Crippen LogP contribution in [0.2, 0.25) is 5.02 Å². The Kier molecular flexibility index (Phi) is 2.48. The molecule has 0 aliphatic rings. The van der Waals surface area contributed by atoms with E-state index in [-0.39, 0.29) is 0 Å². The maximum atomic E-state index is 5.95. The lowest BCUT2D eigenvalue weighted by molar-refractivity contribution is 0.186.